The van der Waals surface area contributed by atoms with Crippen LogP contribution in [-0.2, 0) is 4.79 Å². The van der Waals surface area contributed by atoms with Gasteiger partial charge in [-0.25, -0.2) is 4.39 Å². The van der Waals surface area contributed by atoms with Crippen LogP contribution in [0.2, 0.25) is 0 Å². The third kappa shape index (κ3) is 3.01. The smallest absolute Gasteiger partial charge is 0.232 e. The Hall–Kier alpha value is -1.42. The van der Waals surface area contributed by atoms with Crippen LogP contribution in [0.4, 0.5) is 10.1 Å². The van der Waals surface area contributed by atoms with Gasteiger partial charge >= 0.3 is 0 Å². The highest BCUT2D eigenvalue weighted by Crippen LogP contribution is 2.34. The quantitative estimate of drug-likeness (QED) is 0.922. The fourth-order valence-electron chi connectivity index (χ4n) is 2.88. The average Bonchev–Trinajstić information content (AvgIpc) is 2.46. The number of hydrogen-bond acceptors (Lipinski definition) is 2. The molecule has 20 heavy (non-hydrogen) atoms. The van der Waals surface area contributed by atoms with Crippen LogP contribution in [0.25, 0.3) is 0 Å². The van der Waals surface area contributed by atoms with Crippen LogP contribution < -0.4 is 10.2 Å². The first-order valence-corrected chi connectivity index (χ1v) is 7.17. The number of amides is 1. The molecule has 0 bridgehead atoms. The van der Waals surface area contributed by atoms with Crippen molar-refractivity contribution < 1.29 is 9.18 Å². The lowest BCUT2D eigenvalue weighted by Gasteiger charge is -2.38. The van der Waals surface area contributed by atoms with Crippen molar-refractivity contribution in [2.45, 2.75) is 26.7 Å². The van der Waals surface area contributed by atoms with Gasteiger partial charge in [0.05, 0.1) is 0 Å². The van der Waals surface area contributed by atoms with E-state index in [0.29, 0.717) is 11.6 Å². The Kier molecular flexibility index (Phi) is 4.43. The van der Waals surface area contributed by atoms with Crippen molar-refractivity contribution in [3.63, 3.8) is 0 Å². The lowest BCUT2D eigenvalue weighted by Crippen LogP contribution is -2.48. The van der Waals surface area contributed by atoms with Crippen molar-refractivity contribution in [3.05, 3.63) is 30.1 Å². The second kappa shape index (κ2) is 5.92. The number of nitrogens with zero attached hydrogens (tertiary/aromatic N) is 1. The molecule has 1 heterocycles. The number of carbonyl (C=O) groups excluding carboxylic acids is 1. The van der Waals surface area contributed by atoms with Gasteiger partial charge in [-0.05, 0) is 50.0 Å². The zero-order valence-corrected chi connectivity index (χ0v) is 12.4. The van der Waals surface area contributed by atoms with Gasteiger partial charge < -0.3 is 10.2 Å². The topological polar surface area (TPSA) is 32.3 Å². The van der Waals surface area contributed by atoms with Gasteiger partial charge in [0.1, 0.15) is 5.82 Å². The molecule has 0 spiro atoms. The largest absolute Gasteiger partial charge is 0.316 e. The highest BCUT2D eigenvalue weighted by molar-refractivity contribution is 5.96. The molecular weight excluding hydrogens is 255 g/mol. The first kappa shape index (κ1) is 15.0. The molecule has 0 radical (unpaired) electrons. The van der Waals surface area contributed by atoms with Gasteiger partial charge in [0.2, 0.25) is 5.91 Å². The van der Waals surface area contributed by atoms with Crippen molar-refractivity contribution in [1.29, 1.82) is 0 Å². The lowest BCUT2D eigenvalue weighted by molar-refractivity contribution is -0.129. The van der Waals surface area contributed by atoms with Gasteiger partial charge in [0.15, 0.2) is 0 Å². The SMILES string of the molecule is CN(C(=O)C(C)(C)C1CCCNC1)c1cccc(F)c1. The summed E-state index contributed by atoms with van der Waals surface area (Å²) in [6.45, 7) is 5.88. The Morgan fingerprint density at radius 1 is 1.45 bits per heavy atom. The van der Waals surface area contributed by atoms with Gasteiger partial charge in [-0.15, -0.1) is 0 Å². The molecule has 1 fully saturated rings. The van der Waals surface area contributed by atoms with Gasteiger partial charge in [-0.1, -0.05) is 19.9 Å². The molecule has 2 rings (SSSR count). The van der Waals surface area contributed by atoms with Crippen LogP contribution in [-0.4, -0.2) is 26.0 Å². The van der Waals surface area contributed by atoms with E-state index in [1.165, 1.54) is 12.1 Å². The molecule has 4 heteroatoms. The summed E-state index contributed by atoms with van der Waals surface area (Å²) in [6.07, 6.45) is 2.16. The number of piperidine rings is 1. The van der Waals surface area contributed by atoms with Gasteiger partial charge in [-0.3, -0.25) is 4.79 Å². The van der Waals surface area contributed by atoms with E-state index in [1.807, 2.05) is 13.8 Å². The van der Waals surface area contributed by atoms with Gasteiger partial charge in [-0.2, -0.15) is 0 Å². The van der Waals surface area contributed by atoms with E-state index in [0.717, 1.165) is 25.9 Å². The predicted molar refractivity (Wildman–Crippen MR) is 79.2 cm³/mol. The first-order chi connectivity index (χ1) is 9.43. The molecule has 110 valence electrons. The van der Waals surface area contributed by atoms with E-state index in [-0.39, 0.29) is 11.7 Å². The third-order valence-corrected chi connectivity index (χ3v) is 4.37. The Labute approximate surface area is 120 Å². The van der Waals surface area contributed by atoms with Crippen LogP contribution in [0.5, 0.6) is 0 Å². The number of hydrogen-bond donors (Lipinski definition) is 1. The van der Waals surface area contributed by atoms with Gasteiger partial charge in [0.25, 0.3) is 0 Å². The standard InChI is InChI=1S/C16H23FN2O/c1-16(2,12-6-5-9-18-11-12)15(20)19(3)14-8-4-7-13(17)10-14/h4,7-8,10,12,18H,5-6,9,11H2,1-3H3. The summed E-state index contributed by atoms with van der Waals surface area (Å²) >= 11 is 0. The lowest BCUT2D eigenvalue weighted by atomic mass is 9.74. The van der Waals surface area contributed by atoms with Crippen LogP contribution in [0.3, 0.4) is 0 Å². The maximum absolute atomic E-state index is 13.3. The molecule has 1 aromatic carbocycles. The highest BCUT2D eigenvalue weighted by atomic mass is 19.1. The molecule has 1 atom stereocenters. The summed E-state index contributed by atoms with van der Waals surface area (Å²) in [4.78, 5) is 14.3. The van der Waals surface area contributed by atoms with Crippen molar-refractivity contribution in [3.8, 4) is 0 Å². The summed E-state index contributed by atoms with van der Waals surface area (Å²) in [7, 11) is 1.72. The minimum atomic E-state index is -0.450. The maximum atomic E-state index is 13.3. The summed E-state index contributed by atoms with van der Waals surface area (Å²) in [5, 5.41) is 3.35. The molecule has 1 aliphatic rings. The van der Waals surface area contributed by atoms with E-state index in [4.69, 9.17) is 0 Å². The first-order valence-electron chi connectivity index (χ1n) is 7.17. The summed E-state index contributed by atoms with van der Waals surface area (Å²) in [5.74, 6) is 0.0378. The van der Waals surface area contributed by atoms with Crippen LogP contribution >= 0.6 is 0 Å². The fraction of sp³-hybridized carbons (Fsp3) is 0.562. The second-order valence-electron chi connectivity index (χ2n) is 6.11. The Balaban J connectivity index is 2.16. The summed E-state index contributed by atoms with van der Waals surface area (Å²) in [5.41, 5.74) is 0.154. The summed E-state index contributed by atoms with van der Waals surface area (Å²) < 4.78 is 13.3. The van der Waals surface area contributed by atoms with E-state index in [2.05, 4.69) is 5.32 Å². The predicted octanol–water partition coefficient (Wildman–Crippen LogP) is 2.81. The molecule has 0 saturated carbocycles. The van der Waals surface area contributed by atoms with E-state index >= 15 is 0 Å². The normalized spacial score (nSPS) is 19.7. The molecule has 1 saturated heterocycles. The van der Waals surface area contributed by atoms with E-state index in [9.17, 15) is 9.18 Å². The van der Waals surface area contributed by atoms with E-state index < -0.39 is 5.41 Å². The number of anilines is 1. The number of benzene rings is 1. The second-order valence-corrected chi connectivity index (χ2v) is 6.11. The minimum absolute atomic E-state index is 0.0387. The molecule has 1 N–H and O–H groups in total. The molecular formula is C16H23FN2O. The van der Waals surface area contributed by atoms with Crippen molar-refractivity contribution in [1.82, 2.24) is 5.32 Å². The van der Waals surface area contributed by atoms with Crippen LogP contribution in [0, 0.1) is 17.2 Å². The Morgan fingerprint density at radius 2 is 2.20 bits per heavy atom. The highest BCUT2D eigenvalue weighted by Gasteiger charge is 2.39. The number of nitrogens with one attached hydrogen (secondary N) is 1. The van der Waals surface area contributed by atoms with Gasteiger partial charge in [0, 0.05) is 18.2 Å². The Bertz CT molecular complexity index is 481. The molecule has 1 amide bonds. The molecule has 1 aromatic rings. The molecule has 1 aliphatic heterocycles. The molecule has 0 aromatic heterocycles. The number of carbonyl (C=O) groups is 1. The zero-order valence-electron chi connectivity index (χ0n) is 12.4. The minimum Gasteiger partial charge on any atom is -0.316 e. The monoisotopic (exact) mass is 278 g/mol. The zero-order chi connectivity index (χ0) is 14.8. The summed E-state index contributed by atoms with van der Waals surface area (Å²) in [6, 6.07) is 6.17. The third-order valence-electron chi connectivity index (χ3n) is 4.37. The van der Waals surface area contributed by atoms with Crippen molar-refractivity contribution in [2.24, 2.45) is 11.3 Å². The van der Waals surface area contributed by atoms with Crippen LogP contribution in [0.15, 0.2) is 24.3 Å². The van der Waals surface area contributed by atoms with Crippen molar-refractivity contribution in [2.75, 3.05) is 25.0 Å². The van der Waals surface area contributed by atoms with Crippen LogP contribution in [0.1, 0.15) is 26.7 Å². The number of halogens is 1. The maximum Gasteiger partial charge on any atom is 0.232 e. The van der Waals surface area contributed by atoms with E-state index in [1.54, 1.807) is 24.1 Å². The fourth-order valence-corrected chi connectivity index (χ4v) is 2.88. The molecule has 1 unspecified atom stereocenters. The van der Waals surface area contributed by atoms with Crippen molar-refractivity contribution >= 4 is 11.6 Å². The Morgan fingerprint density at radius 3 is 2.80 bits per heavy atom. The molecule has 3 nitrogen and oxygen atoms in total. The number of rotatable bonds is 3. The molecule has 0 aliphatic carbocycles. The average molecular weight is 278 g/mol.